The first-order valence-corrected chi connectivity index (χ1v) is 9.26. The van der Waals surface area contributed by atoms with Crippen LogP contribution in [0, 0.1) is 0 Å². The summed E-state index contributed by atoms with van der Waals surface area (Å²) in [4.78, 5) is 27.8. The van der Waals surface area contributed by atoms with Crippen LogP contribution in [0.1, 0.15) is 5.89 Å². The summed E-state index contributed by atoms with van der Waals surface area (Å²) in [5, 5.41) is 3.32. The van der Waals surface area contributed by atoms with Crippen molar-refractivity contribution in [2.45, 2.75) is 6.61 Å². The molecule has 26 heavy (non-hydrogen) atoms. The fraction of sp³-hybridized carbons (Fsp3) is 0.167. The Labute approximate surface area is 158 Å². The lowest BCUT2D eigenvalue weighted by molar-refractivity contribution is -0.142. The first kappa shape index (κ1) is 18.3. The second-order valence-electron chi connectivity index (χ2n) is 5.28. The van der Waals surface area contributed by atoms with Crippen LogP contribution in [0.4, 0.5) is 5.69 Å². The van der Waals surface area contributed by atoms with E-state index in [1.807, 2.05) is 18.2 Å². The molecule has 1 aromatic heterocycles. The van der Waals surface area contributed by atoms with Gasteiger partial charge in [-0.15, -0.1) is 11.8 Å². The molecule has 3 rings (SSSR count). The van der Waals surface area contributed by atoms with Gasteiger partial charge in [0.25, 0.3) is 0 Å². The van der Waals surface area contributed by atoms with Gasteiger partial charge in [-0.2, -0.15) is 0 Å². The number of carbonyl (C=O) groups is 2. The van der Waals surface area contributed by atoms with E-state index in [2.05, 4.69) is 10.3 Å². The van der Waals surface area contributed by atoms with Crippen molar-refractivity contribution in [3.05, 3.63) is 59.4 Å². The number of para-hydroxylation sites is 2. The van der Waals surface area contributed by atoms with Gasteiger partial charge in [-0.1, -0.05) is 23.7 Å². The van der Waals surface area contributed by atoms with Gasteiger partial charge in [-0.05, 0) is 36.4 Å². The summed E-state index contributed by atoms with van der Waals surface area (Å²) in [6.45, 7) is -0.0367. The molecule has 0 aliphatic heterocycles. The van der Waals surface area contributed by atoms with Crippen molar-refractivity contribution < 1.29 is 18.7 Å². The van der Waals surface area contributed by atoms with Gasteiger partial charge in [0.05, 0.1) is 11.5 Å². The molecular formula is C18H15ClN2O4S. The summed E-state index contributed by atoms with van der Waals surface area (Å²) in [6, 6.07) is 14.1. The normalized spacial score (nSPS) is 10.7. The molecule has 1 N–H and O–H groups in total. The Morgan fingerprint density at radius 2 is 1.88 bits per heavy atom. The van der Waals surface area contributed by atoms with E-state index in [0.29, 0.717) is 27.7 Å². The van der Waals surface area contributed by atoms with Gasteiger partial charge in [0.2, 0.25) is 11.8 Å². The number of hydrogen-bond donors (Lipinski definition) is 1. The highest BCUT2D eigenvalue weighted by molar-refractivity contribution is 8.00. The summed E-state index contributed by atoms with van der Waals surface area (Å²) < 4.78 is 10.6. The number of benzene rings is 2. The van der Waals surface area contributed by atoms with Crippen molar-refractivity contribution in [3.8, 4) is 0 Å². The number of carbonyl (C=O) groups excluding carboxylic acids is 2. The molecule has 0 aliphatic rings. The van der Waals surface area contributed by atoms with Gasteiger partial charge in [0.15, 0.2) is 12.2 Å². The van der Waals surface area contributed by atoms with E-state index >= 15 is 0 Å². The van der Waals surface area contributed by atoms with Crippen LogP contribution in [0.25, 0.3) is 11.1 Å². The van der Waals surface area contributed by atoms with Crippen LogP contribution in [0.15, 0.2) is 52.9 Å². The van der Waals surface area contributed by atoms with E-state index in [1.165, 1.54) is 11.8 Å². The van der Waals surface area contributed by atoms with E-state index in [9.17, 15) is 9.59 Å². The first-order chi connectivity index (χ1) is 12.6. The largest absolute Gasteiger partial charge is 0.455 e. The number of thioether (sulfide) groups is 1. The fourth-order valence-electron chi connectivity index (χ4n) is 2.12. The third-order valence-corrected chi connectivity index (χ3v) is 4.43. The average Bonchev–Trinajstić information content (AvgIpc) is 3.05. The van der Waals surface area contributed by atoms with Crippen molar-refractivity contribution >= 4 is 52.0 Å². The molecule has 0 spiro atoms. The van der Waals surface area contributed by atoms with Crippen molar-refractivity contribution in [2.75, 3.05) is 16.8 Å². The number of anilines is 1. The number of ether oxygens (including phenoxy) is 1. The number of oxazole rings is 1. The lowest BCUT2D eigenvalue weighted by Crippen LogP contribution is -2.16. The van der Waals surface area contributed by atoms with Gasteiger partial charge < -0.3 is 14.5 Å². The molecule has 0 aliphatic carbocycles. The van der Waals surface area contributed by atoms with Crippen LogP contribution < -0.4 is 5.32 Å². The summed E-state index contributed by atoms with van der Waals surface area (Å²) in [6.07, 6.45) is 0. The summed E-state index contributed by atoms with van der Waals surface area (Å²) in [7, 11) is 0. The molecule has 0 saturated carbocycles. The molecule has 6 nitrogen and oxygen atoms in total. The van der Waals surface area contributed by atoms with E-state index < -0.39 is 5.97 Å². The average molecular weight is 391 g/mol. The van der Waals surface area contributed by atoms with E-state index in [1.54, 1.807) is 30.3 Å². The Morgan fingerprint density at radius 1 is 1.12 bits per heavy atom. The minimum atomic E-state index is -0.434. The minimum absolute atomic E-state index is 0.0367. The van der Waals surface area contributed by atoms with Gasteiger partial charge in [-0.25, -0.2) is 4.98 Å². The maximum absolute atomic E-state index is 11.8. The molecule has 134 valence electrons. The van der Waals surface area contributed by atoms with Crippen LogP contribution in [0.3, 0.4) is 0 Å². The Balaban J connectivity index is 1.37. The van der Waals surface area contributed by atoms with Crippen LogP contribution in [-0.2, 0) is 20.9 Å². The van der Waals surface area contributed by atoms with Crippen molar-refractivity contribution in [2.24, 2.45) is 0 Å². The molecule has 0 bridgehead atoms. The predicted octanol–water partition coefficient (Wildman–Crippen LogP) is 3.90. The van der Waals surface area contributed by atoms with Gasteiger partial charge in [-0.3, -0.25) is 9.59 Å². The molecule has 0 saturated heterocycles. The lowest BCUT2D eigenvalue weighted by Gasteiger charge is -2.05. The zero-order valence-corrected chi connectivity index (χ0v) is 15.2. The number of aromatic nitrogens is 1. The molecule has 0 atom stereocenters. The Morgan fingerprint density at radius 3 is 2.65 bits per heavy atom. The number of esters is 1. The number of hydrogen-bond acceptors (Lipinski definition) is 6. The maximum Gasteiger partial charge on any atom is 0.316 e. The Hall–Kier alpha value is -2.51. The number of nitrogens with zero attached hydrogens (tertiary/aromatic N) is 1. The third kappa shape index (κ3) is 5.24. The Kier molecular flexibility index (Phi) is 6.14. The molecule has 2 aromatic carbocycles. The second kappa shape index (κ2) is 8.73. The van der Waals surface area contributed by atoms with Crippen LogP contribution in [-0.4, -0.2) is 28.4 Å². The van der Waals surface area contributed by atoms with E-state index in [-0.39, 0.29) is 24.0 Å². The molecule has 1 amide bonds. The molecule has 0 unspecified atom stereocenters. The van der Waals surface area contributed by atoms with Crippen molar-refractivity contribution in [1.29, 1.82) is 0 Å². The number of nitrogens with one attached hydrogen (secondary N) is 1. The monoisotopic (exact) mass is 390 g/mol. The fourth-order valence-corrected chi connectivity index (χ4v) is 2.86. The predicted molar refractivity (Wildman–Crippen MR) is 101 cm³/mol. The van der Waals surface area contributed by atoms with Gasteiger partial charge in [0, 0.05) is 10.7 Å². The SMILES string of the molecule is O=C(CSCC(=O)OCc1nc2ccccc2o1)Nc1ccc(Cl)cc1. The van der Waals surface area contributed by atoms with E-state index in [0.717, 1.165) is 0 Å². The Bertz CT molecular complexity index is 878. The zero-order chi connectivity index (χ0) is 18.4. The van der Waals surface area contributed by atoms with Gasteiger partial charge in [0.1, 0.15) is 5.52 Å². The number of fused-ring (bicyclic) bond motifs is 1. The third-order valence-electron chi connectivity index (χ3n) is 3.28. The standard InChI is InChI=1S/C18H15ClN2O4S/c19-12-5-7-13(8-6-12)20-16(22)10-26-11-18(23)24-9-17-21-14-3-1-2-4-15(14)25-17/h1-8H,9-11H2,(H,20,22). The highest BCUT2D eigenvalue weighted by atomic mass is 35.5. The van der Waals surface area contributed by atoms with Crippen LogP contribution in [0.2, 0.25) is 5.02 Å². The van der Waals surface area contributed by atoms with Crippen LogP contribution >= 0.6 is 23.4 Å². The zero-order valence-electron chi connectivity index (χ0n) is 13.6. The first-order valence-electron chi connectivity index (χ1n) is 7.73. The van der Waals surface area contributed by atoms with Crippen LogP contribution in [0.5, 0.6) is 0 Å². The quantitative estimate of drug-likeness (QED) is 0.616. The molecule has 1 heterocycles. The highest BCUT2D eigenvalue weighted by Crippen LogP contribution is 2.16. The topological polar surface area (TPSA) is 81.4 Å². The van der Waals surface area contributed by atoms with Crippen molar-refractivity contribution in [3.63, 3.8) is 0 Å². The molecule has 8 heteroatoms. The van der Waals surface area contributed by atoms with Gasteiger partial charge >= 0.3 is 5.97 Å². The second-order valence-corrected chi connectivity index (χ2v) is 6.71. The number of halogens is 1. The smallest absolute Gasteiger partial charge is 0.316 e. The molecule has 3 aromatic rings. The molecule has 0 fully saturated rings. The molecular weight excluding hydrogens is 376 g/mol. The highest BCUT2D eigenvalue weighted by Gasteiger charge is 2.10. The summed E-state index contributed by atoms with van der Waals surface area (Å²) in [5.74, 6) is -0.0971. The van der Waals surface area contributed by atoms with E-state index in [4.69, 9.17) is 20.8 Å². The van der Waals surface area contributed by atoms with Crippen molar-refractivity contribution in [1.82, 2.24) is 4.98 Å². The number of rotatable bonds is 7. The summed E-state index contributed by atoms with van der Waals surface area (Å²) >= 11 is 6.95. The number of amides is 1. The molecule has 0 radical (unpaired) electrons. The minimum Gasteiger partial charge on any atom is -0.455 e. The summed E-state index contributed by atoms with van der Waals surface area (Å²) in [5.41, 5.74) is 2.01. The lowest BCUT2D eigenvalue weighted by atomic mass is 10.3. The maximum atomic E-state index is 11.8.